The number of hydrogen-bond donors (Lipinski definition) is 1. The van der Waals surface area contributed by atoms with Crippen LogP contribution < -0.4 is 5.32 Å². The molecule has 0 aliphatic heterocycles. The summed E-state index contributed by atoms with van der Waals surface area (Å²) in [5.74, 6) is -0.0704. The van der Waals surface area contributed by atoms with Crippen LogP contribution in [-0.2, 0) is 14.3 Å². The first-order valence-corrected chi connectivity index (χ1v) is 4.60. The lowest BCUT2D eigenvalue weighted by molar-refractivity contribution is -0.130. The average Bonchev–Trinajstić information content (AvgIpc) is 2.16. The van der Waals surface area contributed by atoms with Gasteiger partial charge in [0.25, 0.3) is 0 Å². The van der Waals surface area contributed by atoms with Crippen molar-refractivity contribution in [1.82, 2.24) is 5.32 Å². The molecular weight excluding hydrogens is 170 g/mol. The molecule has 1 N–H and O–H groups in total. The first-order chi connectivity index (χ1) is 6.22. The van der Waals surface area contributed by atoms with E-state index in [1.807, 2.05) is 6.92 Å². The summed E-state index contributed by atoms with van der Waals surface area (Å²) in [5, 5.41) is 2.75. The quantitative estimate of drug-likeness (QED) is 0.595. The average molecular weight is 189 g/mol. The van der Waals surface area contributed by atoms with Gasteiger partial charge in [-0.15, -0.1) is 0 Å². The number of rotatable bonds is 7. The third-order valence-corrected chi connectivity index (χ3v) is 1.69. The number of ether oxygens (including phenoxy) is 2. The molecule has 0 aromatic heterocycles. The molecule has 1 atom stereocenters. The molecule has 0 heterocycles. The predicted molar refractivity (Wildman–Crippen MR) is 50.6 cm³/mol. The van der Waals surface area contributed by atoms with Crippen molar-refractivity contribution in [2.75, 3.05) is 26.9 Å². The van der Waals surface area contributed by atoms with Gasteiger partial charge in [0.15, 0.2) is 0 Å². The first kappa shape index (κ1) is 12.4. The Bertz CT molecular complexity index is 139. The monoisotopic (exact) mass is 189 g/mol. The molecule has 78 valence electrons. The molecular formula is C9H19NO3. The Kier molecular flexibility index (Phi) is 7.63. The molecule has 0 radical (unpaired) electrons. The largest absolute Gasteiger partial charge is 0.382 e. The Hall–Kier alpha value is -0.610. The Balaban J connectivity index is 3.27. The van der Waals surface area contributed by atoms with E-state index in [2.05, 4.69) is 5.32 Å². The van der Waals surface area contributed by atoms with E-state index in [-0.39, 0.29) is 12.0 Å². The molecule has 4 heteroatoms. The van der Waals surface area contributed by atoms with E-state index in [9.17, 15) is 4.79 Å². The van der Waals surface area contributed by atoms with E-state index < -0.39 is 0 Å². The molecule has 0 aromatic carbocycles. The van der Waals surface area contributed by atoms with Gasteiger partial charge in [-0.05, 0) is 20.3 Å². The Morgan fingerprint density at radius 2 is 2.23 bits per heavy atom. The Morgan fingerprint density at radius 1 is 1.54 bits per heavy atom. The van der Waals surface area contributed by atoms with Gasteiger partial charge in [-0.25, -0.2) is 0 Å². The van der Waals surface area contributed by atoms with Gasteiger partial charge in [-0.2, -0.15) is 0 Å². The van der Waals surface area contributed by atoms with Crippen molar-refractivity contribution < 1.29 is 14.3 Å². The molecule has 1 amide bonds. The lowest BCUT2D eigenvalue weighted by atomic mass is 10.3. The molecule has 13 heavy (non-hydrogen) atoms. The minimum atomic E-state index is -0.368. The molecule has 0 spiro atoms. The van der Waals surface area contributed by atoms with Crippen molar-refractivity contribution in [3.05, 3.63) is 0 Å². The fraction of sp³-hybridized carbons (Fsp3) is 0.889. The molecule has 4 nitrogen and oxygen atoms in total. The van der Waals surface area contributed by atoms with Crippen LogP contribution in [0.1, 0.15) is 20.3 Å². The highest BCUT2D eigenvalue weighted by Crippen LogP contribution is 1.87. The molecule has 0 saturated carbocycles. The third kappa shape index (κ3) is 6.54. The topological polar surface area (TPSA) is 47.6 Å². The summed E-state index contributed by atoms with van der Waals surface area (Å²) in [6.07, 6.45) is 0.475. The number of methoxy groups -OCH3 is 1. The summed E-state index contributed by atoms with van der Waals surface area (Å²) in [6, 6.07) is 0. The van der Waals surface area contributed by atoms with Crippen LogP contribution in [-0.4, -0.2) is 38.9 Å². The second kappa shape index (κ2) is 8.01. The third-order valence-electron chi connectivity index (χ3n) is 1.69. The van der Waals surface area contributed by atoms with E-state index in [4.69, 9.17) is 9.47 Å². The van der Waals surface area contributed by atoms with E-state index in [1.54, 1.807) is 6.92 Å². The molecule has 0 aliphatic carbocycles. The first-order valence-electron chi connectivity index (χ1n) is 4.60. The predicted octanol–water partition coefficient (Wildman–Crippen LogP) is 0.564. The van der Waals surface area contributed by atoms with Crippen LogP contribution in [0.5, 0.6) is 0 Å². The highest BCUT2D eigenvalue weighted by Gasteiger charge is 2.09. The van der Waals surface area contributed by atoms with Gasteiger partial charge in [-0.1, -0.05) is 0 Å². The van der Waals surface area contributed by atoms with Crippen molar-refractivity contribution in [3.63, 3.8) is 0 Å². The Labute approximate surface area is 79.6 Å². The lowest BCUT2D eigenvalue weighted by Gasteiger charge is -2.09. The van der Waals surface area contributed by atoms with Gasteiger partial charge in [-0.3, -0.25) is 4.79 Å². The fourth-order valence-electron chi connectivity index (χ4n) is 0.781. The summed E-state index contributed by atoms with van der Waals surface area (Å²) in [7, 11) is 1.52. The van der Waals surface area contributed by atoms with Crippen molar-refractivity contribution in [3.8, 4) is 0 Å². The van der Waals surface area contributed by atoms with Crippen molar-refractivity contribution >= 4 is 5.91 Å². The minimum Gasteiger partial charge on any atom is -0.382 e. The maximum atomic E-state index is 11.1. The molecule has 0 aromatic rings. The summed E-state index contributed by atoms with van der Waals surface area (Å²) >= 11 is 0. The van der Waals surface area contributed by atoms with Gasteiger partial charge in [0.05, 0.1) is 0 Å². The zero-order valence-electron chi connectivity index (χ0n) is 8.63. The second-order valence-electron chi connectivity index (χ2n) is 2.72. The zero-order chi connectivity index (χ0) is 10.1. The zero-order valence-corrected chi connectivity index (χ0v) is 8.63. The van der Waals surface area contributed by atoms with Crippen LogP contribution in [0.4, 0.5) is 0 Å². The SMILES string of the molecule is CCOCCCNC(=O)C(C)OC. The van der Waals surface area contributed by atoms with E-state index >= 15 is 0 Å². The van der Waals surface area contributed by atoms with Gasteiger partial charge in [0, 0.05) is 26.9 Å². The second-order valence-corrected chi connectivity index (χ2v) is 2.72. The van der Waals surface area contributed by atoms with E-state index in [0.717, 1.165) is 13.0 Å². The fourth-order valence-corrected chi connectivity index (χ4v) is 0.781. The molecule has 0 fully saturated rings. The highest BCUT2D eigenvalue weighted by atomic mass is 16.5. The molecule has 1 unspecified atom stereocenters. The standard InChI is InChI=1S/C9H19NO3/c1-4-13-7-5-6-10-9(11)8(2)12-3/h8H,4-7H2,1-3H3,(H,10,11). The summed E-state index contributed by atoms with van der Waals surface area (Å²) in [5.41, 5.74) is 0. The van der Waals surface area contributed by atoms with Crippen LogP contribution in [0.15, 0.2) is 0 Å². The van der Waals surface area contributed by atoms with Crippen LogP contribution >= 0.6 is 0 Å². The molecule has 0 saturated heterocycles. The van der Waals surface area contributed by atoms with Crippen LogP contribution in [0.25, 0.3) is 0 Å². The van der Waals surface area contributed by atoms with Gasteiger partial charge in [0.2, 0.25) is 5.91 Å². The van der Waals surface area contributed by atoms with Crippen molar-refractivity contribution in [2.45, 2.75) is 26.4 Å². The molecule has 0 bridgehead atoms. The smallest absolute Gasteiger partial charge is 0.248 e. The summed E-state index contributed by atoms with van der Waals surface area (Å²) in [6.45, 7) is 5.73. The number of carbonyl (C=O) groups excluding carboxylic acids is 1. The van der Waals surface area contributed by atoms with Gasteiger partial charge in [0.1, 0.15) is 6.10 Å². The number of amides is 1. The van der Waals surface area contributed by atoms with Crippen LogP contribution in [0.3, 0.4) is 0 Å². The van der Waals surface area contributed by atoms with Gasteiger partial charge < -0.3 is 14.8 Å². The number of nitrogens with one attached hydrogen (secondary N) is 1. The Morgan fingerprint density at radius 3 is 2.77 bits per heavy atom. The van der Waals surface area contributed by atoms with E-state index in [0.29, 0.717) is 13.2 Å². The highest BCUT2D eigenvalue weighted by molar-refractivity contribution is 5.80. The van der Waals surface area contributed by atoms with Crippen molar-refractivity contribution in [2.24, 2.45) is 0 Å². The van der Waals surface area contributed by atoms with Crippen LogP contribution in [0.2, 0.25) is 0 Å². The van der Waals surface area contributed by atoms with E-state index in [1.165, 1.54) is 7.11 Å². The van der Waals surface area contributed by atoms with Crippen molar-refractivity contribution in [1.29, 1.82) is 0 Å². The maximum Gasteiger partial charge on any atom is 0.248 e. The minimum absolute atomic E-state index is 0.0704. The van der Waals surface area contributed by atoms with Crippen LogP contribution in [0, 0.1) is 0 Å². The summed E-state index contributed by atoms with van der Waals surface area (Å²) in [4.78, 5) is 11.1. The molecule has 0 aliphatic rings. The number of carbonyl (C=O) groups is 1. The van der Waals surface area contributed by atoms with Gasteiger partial charge >= 0.3 is 0 Å². The molecule has 0 rings (SSSR count). The normalized spacial score (nSPS) is 12.5. The lowest BCUT2D eigenvalue weighted by Crippen LogP contribution is -2.34. The maximum absolute atomic E-state index is 11.1. The number of hydrogen-bond acceptors (Lipinski definition) is 3. The summed E-state index contributed by atoms with van der Waals surface area (Å²) < 4.78 is 9.97.